The van der Waals surface area contributed by atoms with E-state index in [0.717, 1.165) is 30.8 Å². The van der Waals surface area contributed by atoms with E-state index < -0.39 is 0 Å². The number of carbonyl (C=O) groups is 1. The van der Waals surface area contributed by atoms with Crippen LogP contribution in [0.3, 0.4) is 0 Å². The summed E-state index contributed by atoms with van der Waals surface area (Å²) < 4.78 is 7.49. The molecule has 0 unspecified atom stereocenters. The van der Waals surface area contributed by atoms with Crippen LogP contribution < -0.4 is 5.32 Å². The molecule has 2 aliphatic rings. The van der Waals surface area contributed by atoms with Crippen molar-refractivity contribution in [2.75, 3.05) is 18.5 Å². The number of hydrogen-bond acceptors (Lipinski definition) is 6. The minimum atomic E-state index is -0.254. The van der Waals surface area contributed by atoms with Crippen molar-refractivity contribution in [2.45, 2.75) is 38.6 Å². The first-order chi connectivity index (χ1) is 11.8. The Hall–Kier alpha value is -2.48. The van der Waals surface area contributed by atoms with Crippen molar-refractivity contribution in [1.29, 1.82) is 0 Å². The third-order valence-corrected chi connectivity index (χ3v) is 4.36. The zero-order valence-electron chi connectivity index (χ0n) is 13.4. The van der Waals surface area contributed by atoms with E-state index in [1.165, 1.54) is 0 Å². The molecule has 1 saturated heterocycles. The van der Waals surface area contributed by atoms with Gasteiger partial charge in [0, 0.05) is 25.5 Å². The number of ether oxygens (including phenoxy) is 1. The molecule has 0 aliphatic carbocycles. The lowest BCUT2D eigenvalue weighted by molar-refractivity contribution is -0.142. The van der Waals surface area contributed by atoms with Crippen molar-refractivity contribution in [3.8, 4) is 0 Å². The molecule has 1 fully saturated rings. The maximum atomic E-state index is 12.5. The SMILES string of the molecule is O=C([C@@H]1CCCO1)N1CCn2nc(CNc3ncccn3)cc2C1. The summed E-state index contributed by atoms with van der Waals surface area (Å²) in [7, 11) is 0. The van der Waals surface area contributed by atoms with Crippen LogP contribution in [-0.4, -0.2) is 49.8 Å². The van der Waals surface area contributed by atoms with Gasteiger partial charge in [0.25, 0.3) is 5.91 Å². The van der Waals surface area contributed by atoms with E-state index >= 15 is 0 Å². The molecule has 0 bridgehead atoms. The highest BCUT2D eigenvalue weighted by Crippen LogP contribution is 2.19. The fourth-order valence-corrected chi connectivity index (χ4v) is 3.14. The smallest absolute Gasteiger partial charge is 0.252 e. The molecule has 1 N–H and O–H groups in total. The van der Waals surface area contributed by atoms with Crippen LogP contribution in [0.2, 0.25) is 0 Å². The quantitative estimate of drug-likeness (QED) is 0.894. The zero-order valence-corrected chi connectivity index (χ0v) is 13.4. The van der Waals surface area contributed by atoms with Gasteiger partial charge < -0.3 is 15.0 Å². The predicted molar refractivity (Wildman–Crippen MR) is 86.0 cm³/mol. The molecule has 2 aromatic rings. The Labute approximate surface area is 139 Å². The van der Waals surface area contributed by atoms with Crippen molar-refractivity contribution in [1.82, 2.24) is 24.6 Å². The minimum absolute atomic E-state index is 0.109. The van der Waals surface area contributed by atoms with Gasteiger partial charge >= 0.3 is 0 Å². The maximum Gasteiger partial charge on any atom is 0.252 e. The molecule has 4 heterocycles. The Kier molecular flexibility index (Phi) is 4.12. The molecule has 2 aromatic heterocycles. The first-order valence-electron chi connectivity index (χ1n) is 8.26. The number of aromatic nitrogens is 4. The molecule has 1 atom stereocenters. The average Bonchev–Trinajstić information content (AvgIpc) is 3.29. The van der Waals surface area contributed by atoms with Crippen LogP contribution in [0.15, 0.2) is 24.5 Å². The van der Waals surface area contributed by atoms with E-state index in [2.05, 4.69) is 20.4 Å². The molecular formula is C16H20N6O2. The van der Waals surface area contributed by atoms with Crippen LogP contribution in [-0.2, 0) is 29.2 Å². The second-order valence-corrected chi connectivity index (χ2v) is 6.04. The third-order valence-electron chi connectivity index (χ3n) is 4.36. The van der Waals surface area contributed by atoms with Crippen LogP contribution in [0.5, 0.6) is 0 Å². The second kappa shape index (κ2) is 6.56. The molecule has 2 aliphatic heterocycles. The number of nitrogens with one attached hydrogen (secondary N) is 1. The van der Waals surface area contributed by atoms with E-state index in [0.29, 0.717) is 32.2 Å². The second-order valence-electron chi connectivity index (χ2n) is 6.04. The number of hydrogen-bond donors (Lipinski definition) is 1. The first kappa shape index (κ1) is 15.1. The van der Waals surface area contributed by atoms with Crippen LogP contribution in [0.4, 0.5) is 5.95 Å². The summed E-state index contributed by atoms with van der Waals surface area (Å²) in [6.07, 6.45) is 4.95. The number of carbonyl (C=O) groups excluding carboxylic acids is 1. The Morgan fingerprint density at radius 3 is 3.00 bits per heavy atom. The Bertz CT molecular complexity index is 711. The number of rotatable bonds is 4. The van der Waals surface area contributed by atoms with E-state index in [1.54, 1.807) is 18.5 Å². The van der Waals surface area contributed by atoms with Gasteiger partial charge in [-0.15, -0.1) is 0 Å². The first-order valence-corrected chi connectivity index (χ1v) is 8.26. The molecule has 8 heteroatoms. The Morgan fingerprint density at radius 2 is 2.21 bits per heavy atom. The normalized spacial score (nSPS) is 20.0. The monoisotopic (exact) mass is 328 g/mol. The highest BCUT2D eigenvalue weighted by Gasteiger charge is 2.30. The zero-order chi connectivity index (χ0) is 16.4. The minimum Gasteiger partial charge on any atom is -0.368 e. The van der Waals surface area contributed by atoms with Gasteiger partial charge in [0.2, 0.25) is 5.95 Å². The summed E-state index contributed by atoms with van der Waals surface area (Å²) in [5.74, 6) is 0.691. The molecule has 126 valence electrons. The van der Waals surface area contributed by atoms with Gasteiger partial charge in [-0.3, -0.25) is 9.48 Å². The summed E-state index contributed by atoms with van der Waals surface area (Å²) in [4.78, 5) is 22.6. The summed E-state index contributed by atoms with van der Waals surface area (Å²) in [6, 6.07) is 3.81. The molecule has 0 radical (unpaired) electrons. The summed E-state index contributed by atoms with van der Waals surface area (Å²) in [6.45, 7) is 3.24. The third kappa shape index (κ3) is 3.09. The van der Waals surface area contributed by atoms with Crippen LogP contribution in [0, 0.1) is 0 Å². The fraction of sp³-hybridized carbons (Fsp3) is 0.500. The van der Waals surface area contributed by atoms with Crippen molar-refractivity contribution in [3.05, 3.63) is 35.9 Å². The lowest BCUT2D eigenvalue weighted by Crippen LogP contribution is -2.43. The van der Waals surface area contributed by atoms with Crippen molar-refractivity contribution < 1.29 is 9.53 Å². The largest absolute Gasteiger partial charge is 0.368 e. The highest BCUT2D eigenvalue weighted by atomic mass is 16.5. The van der Waals surface area contributed by atoms with Crippen molar-refractivity contribution in [3.63, 3.8) is 0 Å². The Balaban J connectivity index is 1.39. The molecule has 1 amide bonds. The number of anilines is 1. The molecule has 0 saturated carbocycles. The van der Waals surface area contributed by atoms with E-state index in [1.807, 2.05) is 15.6 Å². The maximum absolute atomic E-state index is 12.5. The van der Waals surface area contributed by atoms with Crippen LogP contribution in [0.1, 0.15) is 24.2 Å². The van der Waals surface area contributed by atoms with Crippen LogP contribution in [0.25, 0.3) is 0 Å². The molecular weight excluding hydrogens is 308 g/mol. The van der Waals surface area contributed by atoms with Crippen molar-refractivity contribution in [2.24, 2.45) is 0 Å². The van der Waals surface area contributed by atoms with Gasteiger partial charge in [-0.05, 0) is 25.0 Å². The molecule has 0 aromatic carbocycles. The van der Waals surface area contributed by atoms with E-state index in [-0.39, 0.29) is 12.0 Å². The Morgan fingerprint density at radius 1 is 1.33 bits per heavy atom. The number of fused-ring (bicyclic) bond motifs is 1. The fourth-order valence-electron chi connectivity index (χ4n) is 3.14. The highest BCUT2D eigenvalue weighted by molar-refractivity contribution is 5.81. The lowest BCUT2D eigenvalue weighted by Gasteiger charge is -2.29. The average molecular weight is 328 g/mol. The predicted octanol–water partition coefficient (Wildman–Crippen LogP) is 0.806. The standard InChI is InChI=1S/C16H20N6O2/c23-15(14-3-1-8-24-14)21-6-7-22-13(11-21)9-12(20-22)10-19-16-17-4-2-5-18-16/h2,4-5,9,14H,1,3,6-8,10-11H2,(H,17,18,19)/t14-/m0/s1. The molecule has 8 nitrogen and oxygen atoms in total. The number of nitrogens with zero attached hydrogens (tertiary/aromatic N) is 5. The summed E-state index contributed by atoms with van der Waals surface area (Å²) in [5, 5.41) is 7.74. The number of amides is 1. The van der Waals surface area contributed by atoms with Gasteiger partial charge in [-0.1, -0.05) is 0 Å². The molecule has 4 rings (SSSR count). The summed E-state index contributed by atoms with van der Waals surface area (Å²) in [5.41, 5.74) is 1.97. The van der Waals surface area contributed by atoms with Gasteiger partial charge in [-0.2, -0.15) is 5.10 Å². The van der Waals surface area contributed by atoms with Gasteiger partial charge in [0.1, 0.15) is 6.10 Å². The topological polar surface area (TPSA) is 85.2 Å². The van der Waals surface area contributed by atoms with Gasteiger partial charge in [-0.25, -0.2) is 9.97 Å². The van der Waals surface area contributed by atoms with Gasteiger partial charge in [0.15, 0.2) is 0 Å². The van der Waals surface area contributed by atoms with Crippen molar-refractivity contribution >= 4 is 11.9 Å². The lowest BCUT2D eigenvalue weighted by atomic mass is 10.2. The van der Waals surface area contributed by atoms with E-state index in [4.69, 9.17) is 4.74 Å². The summed E-state index contributed by atoms with van der Waals surface area (Å²) >= 11 is 0. The molecule has 0 spiro atoms. The van der Waals surface area contributed by atoms with E-state index in [9.17, 15) is 4.79 Å². The van der Waals surface area contributed by atoms with Gasteiger partial charge in [0.05, 0.1) is 31.0 Å². The molecule has 24 heavy (non-hydrogen) atoms. The van der Waals surface area contributed by atoms with Crippen LogP contribution >= 0.6 is 0 Å².